The molecule has 0 heterocycles. The van der Waals surface area contributed by atoms with Crippen LogP contribution in [-0.4, -0.2) is 11.7 Å². The molecule has 1 aliphatic rings. The maximum atomic E-state index is 14.1. The van der Waals surface area contributed by atoms with Crippen molar-refractivity contribution in [2.24, 2.45) is 11.8 Å². The molecule has 1 atom stereocenters. The van der Waals surface area contributed by atoms with Crippen molar-refractivity contribution in [3.63, 3.8) is 0 Å². The largest absolute Gasteiger partial charge is 0.490 e. The molecule has 2 nitrogen and oxygen atoms in total. The van der Waals surface area contributed by atoms with Gasteiger partial charge in [-0.3, -0.25) is 0 Å². The normalized spacial score (nSPS) is 21.1. The summed E-state index contributed by atoms with van der Waals surface area (Å²) >= 11 is 0. The molecule has 3 rings (SSSR count). The van der Waals surface area contributed by atoms with Crippen LogP contribution in [0, 0.1) is 35.1 Å². The van der Waals surface area contributed by atoms with Crippen LogP contribution in [0.1, 0.15) is 49.8 Å². The van der Waals surface area contributed by atoms with E-state index in [0.29, 0.717) is 5.92 Å². The molecule has 1 fully saturated rings. The van der Waals surface area contributed by atoms with Gasteiger partial charge in [-0.15, -0.1) is 0 Å². The average molecular weight is 382 g/mol. The van der Waals surface area contributed by atoms with Gasteiger partial charge in [-0.1, -0.05) is 25.8 Å². The zero-order chi connectivity index (χ0) is 19.6. The van der Waals surface area contributed by atoms with E-state index in [1.165, 1.54) is 12.1 Å². The number of aliphatic hydroxyl groups is 1. The van der Waals surface area contributed by atoms with Crippen molar-refractivity contribution < 1.29 is 27.4 Å². The number of benzene rings is 2. The first-order valence-electron chi connectivity index (χ1n) is 9.10. The van der Waals surface area contributed by atoms with Gasteiger partial charge in [0.2, 0.25) is 5.82 Å². The first kappa shape index (κ1) is 19.7. The summed E-state index contributed by atoms with van der Waals surface area (Å²) in [5.74, 6) is -3.81. The molecule has 0 bridgehead atoms. The highest BCUT2D eigenvalue weighted by molar-refractivity contribution is 5.37. The molecule has 146 valence electrons. The van der Waals surface area contributed by atoms with Crippen LogP contribution in [-0.2, 0) is 0 Å². The van der Waals surface area contributed by atoms with Crippen LogP contribution in [0.15, 0.2) is 30.3 Å². The van der Waals surface area contributed by atoms with Crippen molar-refractivity contribution in [2.75, 3.05) is 6.61 Å². The van der Waals surface area contributed by atoms with Gasteiger partial charge in [0.15, 0.2) is 23.2 Å². The minimum Gasteiger partial charge on any atom is -0.490 e. The van der Waals surface area contributed by atoms with Crippen molar-refractivity contribution in [1.29, 1.82) is 0 Å². The van der Waals surface area contributed by atoms with E-state index in [9.17, 15) is 22.7 Å². The molecule has 1 saturated carbocycles. The Morgan fingerprint density at radius 1 is 0.926 bits per heavy atom. The highest BCUT2D eigenvalue weighted by Gasteiger charge is 2.22. The zero-order valence-electron chi connectivity index (χ0n) is 15.0. The Kier molecular flexibility index (Phi) is 6.05. The first-order valence-corrected chi connectivity index (χ1v) is 9.10. The summed E-state index contributed by atoms with van der Waals surface area (Å²) in [5, 5.41) is 10.4. The Morgan fingerprint density at radius 2 is 1.59 bits per heavy atom. The third-order valence-corrected chi connectivity index (χ3v) is 5.20. The lowest BCUT2D eigenvalue weighted by atomic mass is 9.83. The quantitative estimate of drug-likeness (QED) is 0.689. The third kappa shape index (κ3) is 4.61. The van der Waals surface area contributed by atoms with Gasteiger partial charge in [-0.2, -0.15) is 4.39 Å². The molecule has 27 heavy (non-hydrogen) atoms. The van der Waals surface area contributed by atoms with Gasteiger partial charge in [0, 0.05) is 0 Å². The fourth-order valence-corrected chi connectivity index (χ4v) is 3.43. The molecule has 1 aliphatic carbocycles. The maximum Gasteiger partial charge on any atom is 0.200 e. The molecular weight excluding hydrogens is 360 g/mol. The van der Waals surface area contributed by atoms with E-state index in [2.05, 4.69) is 6.92 Å². The number of rotatable bonds is 5. The van der Waals surface area contributed by atoms with Crippen LogP contribution in [0.2, 0.25) is 0 Å². The van der Waals surface area contributed by atoms with Crippen LogP contribution in [0.25, 0.3) is 0 Å². The molecule has 0 aromatic heterocycles. The van der Waals surface area contributed by atoms with E-state index in [0.717, 1.165) is 43.9 Å². The summed E-state index contributed by atoms with van der Waals surface area (Å²) in [7, 11) is 0. The Balaban J connectivity index is 1.77. The molecule has 6 heteroatoms. The van der Waals surface area contributed by atoms with Crippen LogP contribution in [0.5, 0.6) is 5.75 Å². The van der Waals surface area contributed by atoms with Gasteiger partial charge in [-0.25, -0.2) is 13.2 Å². The Hall–Kier alpha value is -2.08. The summed E-state index contributed by atoms with van der Waals surface area (Å²) in [6.07, 6.45) is 2.68. The summed E-state index contributed by atoms with van der Waals surface area (Å²) in [4.78, 5) is 0. The van der Waals surface area contributed by atoms with Crippen LogP contribution < -0.4 is 4.74 Å². The zero-order valence-corrected chi connectivity index (χ0v) is 15.0. The van der Waals surface area contributed by atoms with Crippen LogP contribution >= 0.6 is 0 Å². The highest BCUT2D eigenvalue weighted by atomic mass is 19.2. The Labute approximate surface area is 155 Å². The molecular formula is C21H22F4O2. The SMILES string of the molecule is CC1CCC(COc2cc(C(O)c3ccc(F)c(F)c3)cc(F)c2F)CC1. The van der Waals surface area contributed by atoms with Gasteiger partial charge in [0.25, 0.3) is 0 Å². The van der Waals surface area contributed by atoms with Gasteiger partial charge < -0.3 is 9.84 Å². The molecule has 0 saturated heterocycles. The second-order valence-electron chi connectivity index (χ2n) is 7.33. The van der Waals surface area contributed by atoms with Crippen molar-refractivity contribution >= 4 is 0 Å². The maximum absolute atomic E-state index is 14.1. The Morgan fingerprint density at radius 3 is 2.26 bits per heavy atom. The lowest BCUT2D eigenvalue weighted by Crippen LogP contribution is -2.19. The van der Waals surface area contributed by atoms with Crippen LogP contribution in [0.3, 0.4) is 0 Å². The van der Waals surface area contributed by atoms with E-state index in [1.807, 2.05) is 0 Å². The molecule has 2 aromatic rings. The first-order chi connectivity index (χ1) is 12.8. The summed E-state index contributed by atoms with van der Waals surface area (Å²) < 4.78 is 60.0. The monoisotopic (exact) mass is 382 g/mol. The number of aliphatic hydroxyl groups excluding tert-OH is 1. The summed E-state index contributed by atoms with van der Waals surface area (Å²) in [6, 6.07) is 4.92. The number of halogens is 4. The molecule has 2 aromatic carbocycles. The van der Waals surface area contributed by atoms with E-state index in [-0.39, 0.29) is 29.4 Å². The topological polar surface area (TPSA) is 29.5 Å². The van der Waals surface area contributed by atoms with Gasteiger partial charge in [0.05, 0.1) is 6.61 Å². The predicted molar refractivity (Wildman–Crippen MR) is 93.4 cm³/mol. The van der Waals surface area contributed by atoms with Crippen molar-refractivity contribution in [1.82, 2.24) is 0 Å². The molecule has 0 spiro atoms. The van der Waals surface area contributed by atoms with E-state index in [4.69, 9.17) is 4.74 Å². The lowest BCUT2D eigenvalue weighted by molar-refractivity contribution is 0.180. The molecule has 1 unspecified atom stereocenters. The molecule has 0 radical (unpaired) electrons. The fraction of sp³-hybridized carbons (Fsp3) is 0.429. The summed E-state index contributed by atoms with van der Waals surface area (Å²) in [6.45, 7) is 2.46. The van der Waals surface area contributed by atoms with Crippen molar-refractivity contribution in [2.45, 2.75) is 38.7 Å². The smallest absolute Gasteiger partial charge is 0.200 e. The molecule has 0 aliphatic heterocycles. The number of ether oxygens (including phenoxy) is 1. The minimum absolute atomic E-state index is 0.00664. The average Bonchev–Trinajstić information content (AvgIpc) is 2.65. The van der Waals surface area contributed by atoms with Gasteiger partial charge in [-0.05, 0) is 60.1 Å². The highest BCUT2D eigenvalue weighted by Crippen LogP contribution is 2.32. The number of hydrogen-bond donors (Lipinski definition) is 1. The van der Waals surface area contributed by atoms with Crippen molar-refractivity contribution in [3.05, 3.63) is 64.7 Å². The predicted octanol–water partition coefficient (Wildman–Crippen LogP) is 5.53. The Bertz CT molecular complexity index is 801. The van der Waals surface area contributed by atoms with Gasteiger partial charge in [0.1, 0.15) is 6.10 Å². The molecule has 1 N–H and O–H groups in total. The standard InChI is InChI=1S/C21H22F4O2/c1-12-2-4-13(5-3-12)11-27-19-10-15(9-18(24)20(19)25)21(26)14-6-7-16(22)17(23)8-14/h6-10,12-13,21,26H,2-5,11H2,1H3. The minimum atomic E-state index is -1.44. The van der Waals surface area contributed by atoms with E-state index >= 15 is 0 Å². The third-order valence-electron chi connectivity index (χ3n) is 5.20. The lowest BCUT2D eigenvalue weighted by Gasteiger charge is -2.26. The fourth-order valence-electron chi connectivity index (χ4n) is 3.43. The number of hydrogen-bond acceptors (Lipinski definition) is 2. The second-order valence-corrected chi connectivity index (χ2v) is 7.33. The van der Waals surface area contributed by atoms with Crippen molar-refractivity contribution in [3.8, 4) is 5.75 Å². The second kappa shape index (κ2) is 8.30. The molecule has 0 amide bonds. The summed E-state index contributed by atoms with van der Waals surface area (Å²) in [5.41, 5.74) is 0.0410. The van der Waals surface area contributed by atoms with E-state index < -0.39 is 29.4 Å². The van der Waals surface area contributed by atoms with Crippen LogP contribution in [0.4, 0.5) is 17.6 Å². The van der Waals surface area contributed by atoms with E-state index in [1.54, 1.807) is 0 Å². The van der Waals surface area contributed by atoms with Gasteiger partial charge >= 0.3 is 0 Å².